The van der Waals surface area contributed by atoms with Crippen LogP contribution in [-0.4, -0.2) is 30.2 Å². The van der Waals surface area contributed by atoms with Crippen molar-refractivity contribution in [2.45, 2.75) is 58.7 Å². The van der Waals surface area contributed by atoms with E-state index in [-0.39, 0.29) is 18.1 Å². The highest BCUT2D eigenvalue weighted by Gasteiger charge is 2.33. The number of amides is 1. The van der Waals surface area contributed by atoms with Crippen LogP contribution in [0.2, 0.25) is 0 Å². The van der Waals surface area contributed by atoms with Crippen molar-refractivity contribution >= 4 is 5.91 Å². The van der Waals surface area contributed by atoms with Gasteiger partial charge in [0, 0.05) is 19.1 Å². The smallest absolute Gasteiger partial charge is 0.237 e. The lowest BCUT2D eigenvalue weighted by molar-refractivity contribution is -0.125. The van der Waals surface area contributed by atoms with Crippen LogP contribution in [0.1, 0.15) is 41.0 Å². The third kappa shape index (κ3) is 5.14. The van der Waals surface area contributed by atoms with Gasteiger partial charge in [-0.25, -0.2) is 0 Å². The van der Waals surface area contributed by atoms with E-state index in [4.69, 9.17) is 10.5 Å². The summed E-state index contributed by atoms with van der Waals surface area (Å²) in [7, 11) is 0. The maximum atomic E-state index is 11.4. The molecule has 15 heavy (non-hydrogen) atoms. The molecular formula is C11H24N2O2. The predicted octanol–water partition coefficient (Wildman–Crippen LogP) is 1.04. The number of hydrogen-bond acceptors (Lipinski definition) is 3. The maximum absolute atomic E-state index is 11.4. The number of nitrogens with two attached hydrogens (primary N) is 1. The van der Waals surface area contributed by atoms with Crippen LogP contribution in [0.25, 0.3) is 0 Å². The Bertz CT molecular complexity index is 207. The Morgan fingerprint density at radius 2 is 2.00 bits per heavy atom. The van der Waals surface area contributed by atoms with Gasteiger partial charge in [0.2, 0.25) is 5.91 Å². The third-order valence-electron chi connectivity index (χ3n) is 2.30. The van der Waals surface area contributed by atoms with Crippen molar-refractivity contribution in [1.82, 2.24) is 5.32 Å². The molecule has 0 fully saturated rings. The Balaban J connectivity index is 4.44. The van der Waals surface area contributed by atoms with Gasteiger partial charge in [-0.1, -0.05) is 0 Å². The average Bonchev–Trinajstić information content (AvgIpc) is 2.01. The molecule has 0 aromatic rings. The predicted molar refractivity (Wildman–Crippen MR) is 61.6 cm³/mol. The first-order chi connectivity index (χ1) is 6.81. The number of primary amides is 1. The van der Waals surface area contributed by atoms with Crippen LogP contribution in [-0.2, 0) is 9.53 Å². The lowest BCUT2D eigenvalue weighted by atomic mass is 9.93. The molecule has 0 aromatic heterocycles. The first-order valence-corrected chi connectivity index (χ1v) is 5.51. The molecule has 0 radical (unpaired) electrons. The summed E-state index contributed by atoms with van der Waals surface area (Å²) < 4.78 is 5.42. The molecule has 0 bridgehead atoms. The normalized spacial score (nSPS) is 17.5. The van der Waals surface area contributed by atoms with Crippen LogP contribution in [0, 0.1) is 0 Å². The van der Waals surface area contributed by atoms with Crippen molar-refractivity contribution in [3.63, 3.8) is 0 Å². The van der Waals surface area contributed by atoms with E-state index in [1.807, 2.05) is 34.6 Å². The standard InChI is InChI=1S/C11H24N2O2/c1-6-15-9(4)7-11(5,10(12)14)13-8(2)3/h8-9,13H,6-7H2,1-5H3,(H2,12,14). The van der Waals surface area contributed by atoms with E-state index < -0.39 is 5.54 Å². The van der Waals surface area contributed by atoms with Crippen molar-refractivity contribution in [2.75, 3.05) is 6.61 Å². The third-order valence-corrected chi connectivity index (χ3v) is 2.30. The second-order valence-corrected chi connectivity index (χ2v) is 4.47. The second kappa shape index (κ2) is 6.08. The number of nitrogens with one attached hydrogen (secondary N) is 1. The lowest BCUT2D eigenvalue weighted by Crippen LogP contribution is -2.57. The Kier molecular flexibility index (Phi) is 5.83. The topological polar surface area (TPSA) is 64.3 Å². The van der Waals surface area contributed by atoms with Crippen LogP contribution in [0.5, 0.6) is 0 Å². The van der Waals surface area contributed by atoms with Gasteiger partial charge >= 0.3 is 0 Å². The van der Waals surface area contributed by atoms with Crippen molar-refractivity contribution in [3.8, 4) is 0 Å². The van der Waals surface area contributed by atoms with Crippen LogP contribution in [0.3, 0.4) is 0 Å². The van der Waals surface area contributed by atoms with E-state index in [9.17, 15) is 4.79 Å². The fourth-order valence-corrected chi connectivity index (χ4v) is 1.79. The van der Waals surface area contributed by atoms with Crippen molar-refractivity contribution < 1.29 is 9.53 Å². The first kappa shape index (κ1) is 14.4. The van der Waals surface area contributed by atoms with Crippen LogP contribution < -0.4 is 11.1 Å². The molecule has 90 valence electrons. The van der Waals surface area contributed by atoms with Crippen molar-refractivity contribution in [1.29, 1.82) is 0 Å². The average molecular weight is 216 g/mol. The van der Waals surface area contributed by atoms with E-state index in [2.05, 4.69) is 5.32 Å². The van der Waals surface area contributed by atoms with E-state index >= 15 is 0 Å². The summed E-state index contributed by atoms with van der Waals surface area (Å²) in [4.78, 5) is 11.4. The van der Waals surface area contributed by atoms with Crippen molar-refractivity contribution in [3.05, 3.63) is 0 Å². The van der Waals surface area contributed by atoms with Crippen LogP contribution in [0.15, 0.2) is 0 Å². The van der Waals surface area contributed by atoms with Gasteiger partial charge in [-0.15, -0.1) is 0 Å². The van der Waals surface area contributed by atoms with Gasteiger partial charge in [0.25, 0.3) is 0 Å². The van der Waals surface area contributed by atoms with Crippen molar-refractivity contribution in [2.24, 2.45) is 5.73 Å². The molecule has 0 rings (SSSR count). The van der Waals surface area contributed by atoms with Gasteiger partial charge in [-0.2, -0.15) is 0 Å². The summed E-state index contributed by atoms with van der Waals surface area (Å²) in [5.74, 6) is -0.331. The number of carbonyl (C=O) groups excluding carboxylic acids is 1. The number of ether oxygens (including phenoxy) is 1. The van der Waals surface area contributed by atoms with Gasteiger partial charge in [0.15, 0.2) is 0 Å². The summed E-state index contributed by atoms with van der Waals surface area (Å²) >= 11 is 0. The molecule has 0 aliphatic carbocycles. The van der Waals surface area contributed by atoms with Gasteiger partial charge in [0.05, 0.1) is 11.6 Å². The SMILES string of the molecule is CCOC(C)CC(C)(NC(C)C)C(N)=O. The molecule has 4 heteroatoms. The molecule has 0 aliphatic rings. The van der Waals surface area contributed by atoms with Gasteiger partial charge in [0.1, 0.15) is 0 Å². The number of carbonyl (C=O) groups is 1. The van der Waals surface area contributed by atoms with Gasteiger partial charge in [-0.3, -0.25) is 4.79 Å². The van der Waals surface area contributed by atoms with Crippen LogP contribution in [0.4, 0.5) is 0 Å². The molecule has 4 nitrogen and oxygen atoms in total. The Labute approximate surface area is 92.6 Å². The number of rotatable bonds is 7. The summed E-state index contributed by atoms with van der Waals surface area (Å²) in [6.07, 6.45) is 0.618. The second-order valence-electron chi connectivity index (χ2n) is 4.47. The highest BCUT2D eigenvalue weighted by molar-refractivity contribution is 5.84. The molecular weight excluding hydrogens is 192 g/mol. The summed E-state index contributed by atoms with van der Waals surface area (Å²) in [5, 5.41) is 3.19. The number of hydrogen-bond donors (Lipinski definition) is 2. The summed E-state index contributed by atoms with van der Waals surface area (Å²) in [6.45, 7) is 10.3. The Morgan fingerprint density at radius 1 is 1.47 bits per heavy atom. The molecule has 2 atom stereocenters. The van der Waals surface area contributed by atoms with E-state index in [1.54, 1.807) is 0 Å². The highest BCUT2D eigenvalue weighted by atomic mass is 16.5. The molecule has 2 unspecified atom stereocenters. The molecule has 0 heterocycles. The van der Waals surface area contributed by atoms with E-state index in [0.29, 0.717) is 13.0 Å². The minimum atomic E-state index is -0.692. The van der Waals surface area contributed by atoms with Gasteiger partial charge < -0.3 is 15.8 Å². The van der Waals surface area contributed by atoms with E-state index in [0.717, 1.165) is 0 Å². The van der Waals surface area contributed by atoms with E-state index in [1.165, 1.54) is 0 Å². The quantitative estimate of drug-likeness (QED) is 0.668. The highest BCUT2D eigenvalue weighted by Crippen LogP contribution is 2.15. The minimum absolute atomic E-state index is 0.0266. The molecule has 0 saturated carbocycles. The zero-order valence-corrected chi connectivity index (χ0v) is 10.5. The monoisotopic (exact) mass is 216 g/mol. The fraction of sp³-hybridized carbons (Fsp3) is 0.909. The first-order valence-electron chi connectivity index (χ1n) is 5.51. The van der Waals surface area contributed by atoms with Gasteiger partial charge in [-0.05, 0) is 34.6 Å². The maximum Gasteiger partial charge on any atom is 0.237 e. The summed E-state index contributed by atoms with van der Waals surface area (Å²) in [5.41, 5.74) is 4.72. The largest absolute Gasteiger partial charge is 0.379 e. The molecule has 0 spiro atoms. The summed E-state index contributed by atoms with van der Waals surface area (Å²) in [6, 6.07) is 0.219. The Morgan fingerprint density at radius 3 is 2.33 bits per heavy atom. The van der Waals surface area contributed by atoms with Crippen LogP contribution >= 0.6 is 0 Å². The lowest BCUT2D eigenvalue weighted by Gasteiger charge is -2.32. The molecule has 3 N–H and O–H groups in total. The fourth-order valence-electron chi connectivity index (χ4n) is 1.79. The molecule has 1 amide bonds. The Hall–Kier alpha value is -0.610. The zero-order valence-electron chi connectivity index (χ0n) is 10.5. The zero-order chi connectivity index (χ0) is 12.1. The molecule has 0 aliphatic heterocycles. The molecule has 0 saturated heterocycles. The minimum Gasteiger partial charge on any atom is -0.379 e. The molecule has 0 aromatic carbocycles.